The average molecular weight is 560 g/mol. The summed E-state index contributed by atoms with van der Waals surface area (Å²) in [5, 5.41) is 10.9. The van der Waals surface area contributed by atoms with E-state index in [9.17, 15) is 0 Å². The van der Waals surface area contributed by atoms with Crippen LogP contribution >= 0.6 is 0 Å². The fourth-order valence-electron chi connectivity index (χ4n) is 7.30. The number of benzene rings is 6. The molecule has 7 aromatic rings. The van der Waals surface area contributed by atoms with E-state index in [1.807, 2.05) is 13.8 Å². The van der Waals surface area contributed by atoms with Crippen LogP contribution in [0.2, 0.25) is 0 Å². The van der Waals surface area contributed by atoms with Crippen molar-refractivity contribution in [3.8, 4) is 0 Å². The SMILES string of the molecule is Cc1nc(C)nc(Cc2cc(C)c3cc4c(C)cccc4c(CCc4cccc5c(C)c6ccccc6c(C)c45)c3c2)n1. The van der Waals surface area contributed by atoms with Crippen LogP contribution in [0.4, 0.5) is 0 Å². The summed E-state index contributed by atoms with van der Waals surface area (Å²) in [6, 6.07) is 29.6. The molecular formula is C40H37N3. The number of aryl methyl sites for hydroxylation is 8. The second-order valence-electron chi connectivity index (χ2n) is 12.2. The lowest BCUT2D eigenvalue weighted by molar-refractivity contribution is 0.843. The van der Waals surface area contributed by atoms with Crippen LogP contribution in [0.1, 0.15) is 56.4 Å². The van der Waals surface area contributed by atoms with Crippen molar-refractivity contribution in [1.82, 2.24) is 15.0 Å². The van der Waals surface area contributed by atoms with Crippen LogP contribution in [0.3, 0.4) is 0 Å². The van der Waals surface area contributed by atoms with E-state index in [0.717, 1.165) is 30.3 Å². The van der Waals surface area contributed by atoms with Crippen molar-refractivity contribution in [2.45, 2.75) is 60.8 Å². The van der Waals surface area contributed by atoms with E-state index >= 15 is 0 Å². The van der Waals surface area contributed by atoms with Crippen molar-refractivity contribution in [2.75, 3.05) is 0 Å². The molecule has 0 aliphatic carbocycles. The summed E-state index contributed by atoms with van der Waals surface area (Å²) in [5.41, 5.74) is 9.46. The molecule has 0 atom stereocenters. The molecule has 212 valence electrons. The zero-order valence-electron chi connectivity index (χ0n) is 26.0. The van der Waals surface area contributed by atoms with Gasteiger partial charge in [0.1, 0.15) is 17.5 Å². The van der Waals surface area contributed by atoms with Gasteiger partial charge >= 0.3 is 0 Å². The summed E-state index contributed by atoms with van der Waals surface area (Å²) in [7, 11) is 0. The van der Waals surface area contributed by atoms with Crippen molar-refractivity contribution in [1.29, 1.82) is 0 Å². The predicted octanol–water partition coefficient (Wildman–Crippen LogP) is 9.71. The Labute approximate surface area is 253 Å². The second kappa shape index (κ2) is 10.6. The Morgan fingerprint density at radius 1 is 0.488 bits per heavy atom. The molecule has 6 aromatic carbocycles. The Kier molecular flexibility index (Phi) is 6.69. The molecule has 0 saturated heterocycles. The van der Waals surface area contributed by atoms with Crippen molar-refractivity contribution < 1.29 is 0 Å². The highest BCUT2D eigenvalue weighted by Gasteiger charge is 2.16. The quantitative estimate of drug-likeness (QED) is 0.197. The normalized spacial score (nSPS) is 11.8. The van der Waals surface area contributed by atoms with Crippen LogP contribution < -0.4 is 0 Å². The summed E-state index contributed by atoms with van der Waals surface area (Å²) in [5.74, 6) is 2.38. The first kappa shape index (κ1) is 27.2. The number of rotatable bonds is 5. The molecule has 0 fully saturated rings. The number of fused-ring (bicyclic) bond motifs is 4. The fraction of sp³-hybridized carbons (Fsp3) is 0.225. The maximum absolute atomic E-state index is 4.64. The van der Waals surface area contributed by atoms with Gasteiger partial charge in [0.25, 0.3) is 0 Å². The van der Waals surface area contributed by atoms with Gasteiger partial charge in [0.2, 0.25) is 0 Å². The van der Waals surface area contributed by atoms with E-state index in [1.165, 1.54) is 82.0 Å². The van der Waals surface area contributed by atoms with Gasteiger partial charge in [0.05, 0.1) is 0 Å². The molecule has 0 bridgehead atoms. The van der Waals surface area contributed by atoms with Gasteiger partial charge in [-0.1, -0.05) is 72.8 Å². The van der Waals surface area contributed by atoms with Gasteiger partial charge < -0.3 is 0 Å². The smallest absolute Gasteiger partial charge is 0.136 e. The predicted molar refractivity (Wildman–Crippen MR) is 181 cm³/mol. The Morgan fingerprint density at radius 3 is 1.91 bits per heavy atom. The van der Waals surface area contributed by atoms with Crippen LogP contribution in [-0.4, -0.2) is 15.0 Å². The molecule has 0 unspecified atom stereocenters. The van der Waals surface area contributed by atoms with Crippen molar-refractivity contribution in [2.24, 2.45) is 0 Å². The Bertz CT molecular complexity index is 2210. The second-order valence-corrected chi connectivity index (χ2v) is 12.2. The monoisotopic (exact) mass is 559 g/mol. The van der Waals surface area contributed by atoms with Crippen LogP contribution in [0, 0.1) is 41.5 Å². The third kappa shape index (κ3) is 4.73. The lowest BCUT2D eigenvalue weighted by Crippen LogP contribution is -2.04. The third-order valence-electron chi connectivity index (χ3n) is 9.29. The molecule has 3 nitrogen and oxygen atoms in total. The fourth-order valence-corrected chi connectivity index (χ4v) is 7.30. The van der Waals surface area contributed by atoms with Gasteiger partial charge in [-0.3, -0.25) is 0 Å². The third-order valence-corrected chi connectivity index (χ3v) is 9.29. The van der Waals surface area contributed by atoms with Crippen molar-refractivity contribution >= 4 is 43.1 Å². The minimum Gasteiger partial charge on any atom is -0.219 e. The molecule has 0 radical (unpaired) electrons. The summed E-state index contributed by atoms with van der Waals surface area (Å²) in [6.45, 7) is 12.9. The van der Waals surface area contributed by atoms with Crippen molar-refractivity contribution in [3.05, 3.63) is 135 Å². The molecule has 7 rings (SSSR count). The highest BCUT2D eigenvalue weighted by Crippen LogP contribution is 2.37. The van der Waals surface area contributed by atoms with Gasteiger partial charge in [-0.05, 0) is 142 Å². The van der Waals surface area contributed by atoms with Crippen LogP contribution in [0.5, 0.6) is 0 Å². The van der Waals surface area contributed by atoms with Gasteiger partial charge in [0.15, 0.2) is 0 Å². The maximum Gasteiger partial charge on any atom is 0.136 e. The van der Waals surface area contributed by atoms with E-state index in [0.29, 0.717) is 6.42 Å². The molecule has 0 N–H and O–H groups in total. The first-order chi connectivity index (χ1) is 20.8. The van der Waals surface area contributed by atoms with E-state index in [4.69, 9.17) is 0 Å². The molecular weight excluding hydrogens is 522 g/mol. The molecule has 1 heterocycles. The number of nitrogens with zero attached hydrogens (tertiary/aromatic N) is 3. The largest absolute Gasteiger partial charge is 0.219 e. The van der Waals surface area contributed by atoms with Gasteiger partial charge in [-0.2, -0.15) is 0 Å². The zero-order valence-corrected chi connectivity index (χ0v) is 26.0. The Balaban J connectivity index is 1.39. The summed E-state index contributed by atoms with van der Waals surface area (Å²) in [4.78, 5) is 13.7. The van der Waals surface area contributed by atoms with Gasteiger partial charge in [0, 0.05) is 6.42 Å². The van der Waals surface area contributed by atoms with E-state index in [-0.39, 0.29) is 0 Å². The standard InChI is InChI=1S/C40H37N3/c1-23-11-9-16-34-35(18-17-30-12-10-15-33-25(3)31-13-7-8-14-32(31)26(4)40(30)33)38-20-29(19-24(2)37(38)22-36(23)34)21-39-42-27(5)41-28(6)43-39/h7-16,19-20,22H,17-18,21H2,1-6H3. The number of hydrogen-bond donors (Lipinski definition) is 0. The van der Waals surface area contributed by atoms with E-state index in [2.05, 4.69) is 122 Å². The van der Waals surface area contributed by atoms with Crippen LogP contribution in [0.25, 0.3) is 43.1 Å². The number of hydrogen-bond acceptors (Lipinski definition) is 3. The molecule has 43 heavy (non-hydrogen) atoms. The van der Waals surface area contributed by atoms with E-state index in [1.54, 1.807) is 0 Å². The highest BCUT2D eigenvalue weighted by atomic mass is 15.0. The Hall–Kier alpha value is -4.63. The minimum absolute atomic E-state index is 0.696. The molecule has 3 heteroatoms. The molecule has 0 amide bonds. The number of aromatic nitrogens is 3. The molecule has 0 aliphatic rings. The zero-order chi connectivity index (χ0) is 29.8. The van der Waals surface area contributed by atoms with Crippen LogP contribution in [-0.2, 0) is 19.3 Å². The van der Waals surface area contributed by atoms with E-state index < -0.39 is 0 Å². The first-order valence-corrected chi connectivity index (χ1v) is 15.3. The molecule has 1 aromatic heterocycles. The lowest BCUT2D eigenvalue weighted by atomic mass is 9.86. The molecule has 0 spiro atoms. The van der Waals surface area contributed by atoms with Crippen LogP contribution in [0.15, 0.2) is 78.9 Å². The average Bonchev–Trinajstić information content (AvgIpc) is 2.98. The van der Waals surface area contributed by atoms with Crippen molar-refractivity contribution in [3.63, 3.8) is 0 Å². The topological polar surface area (TPSA) is 38.7 Å². The van der Waals surface area contributed by atoms with Gasteiger partial charge in [-0.15, -0.1) is 0 Å². The summed E-state index contributed by atoms with van der Waals surface area (Å²) >= 11 is 0. The molecule has 0 aliphatic heterocycles. The molecule has 0 saturated carbocycles. The lowest BCUT2D eigenvalue weighted by Gasteiger charge is -2.18. The highest BCUT2D eigenvalue weighted by molar-refractivity contribution is 6.07. The first-order valence-electron chi connectivity index (χ1n) is 15.3. The Morgan fingerprint density at radius 2 is 1.14 bits per heavy atom. The minimum atomic E-state index is 0.696. The summed E-state index contributed by atoms with van der Waals surface area (Å²) in [6.07, 6.45) is 2.64. The summed E-state index contributed by atoms with van der Waals surface area (Å²) < 4.78 is 0. The maximum atomic E-state index is 4.64. The van der Waals surface area contributed by atoms with Gasteiger partial charge in [-0.25, -0.2) is 15.0 Å².